The fourth-order valence-electron chi connectivity index (χ4n) is 4.30. The number of hydrogen-bond acceptors (Lipinski definition) is 8. The molecule has 18 heteroatoms. The minimum atomic E-state index is -5.08. The molecule has 2 heterocycles. The number of nitrogens with one attached hydrogen (secondary N) is 3. The van der Waals surface area contributed by atoms with Crippen molar-refractivity contribution >= 4 is 34.7 Å². The molecule has 1 fully saturated rings. The summed E-state index contributed by atoms with van der Waals surface area (Å²) in [7, 11) is 0. The van der Waals surface area contributed by atoms with Gasteiger partial charge in [-0.2, -0.15) is 26.3 Å². The lowest BCUT2D eigenvalue weighted by Gasteiger charge is -2.37. The second-order valence-electron chi connectivity index (χ2n) is 10.1. The number of para-hydroxylation sites is 1. The molecule has 0 unspecified atom stereocenters. The van der Waals surface area contributed by atoms with Crippen LogP contribution in [0.3, 0.4) is 0 Å². The number of aliphatic carboxylic acids is 2. The first kappa shape index (κ1) is 38.2. The van der Waals surface area contributed by atoms with Gasteiger partial charge in [0.1, 0.15) is 12.4 Å². The molecular weight excluding hydrogens is 646 g/mol. The van der Waals surface area contributed by atoms with Crippen LogP contribution in [0, 0.1) is 6.92 Å². The highest BCUT2D eigenvalue weighted by Gasteiger charge is 2.39. The van der Waals surface area contributed by atoms with E-state index in [4.69, 9.17) is 29.7 Å². The van der Waals surface area contributed by atoms with E-state index in [9.17, 15) is 35.9 Å². The molecule has 0 radical (unpaired) electrons. The predicted octanol–water partition coefficient (Wildman–Crippen LogP) is 4.14. The van der Waals surface area contributed by atoms with Crippen LogP contribution in [0.1, 0.15) is 40.7 Å². The monoisotopic (exact) mass is 676 g/mol. The number of pyridine rings is 1. The largest absolute Gasteiger partial charge is 0.490 e. The van der Waals surface area contributed by atoms with Gasteiger partial charge in [0.05, 0.1) is 17.5 Å². The fraction of sp³-hybridized carbons (Fsp3) is 0.345. The minimum absolute atomic E-state index is 0.0248. The highest BCUT2D eigenvalue weighted by molar-refractivity contribution is 5.95. The van der Waals surface area contributed by atoms with E-state index in [1.807, 2.05) is 37.3 Å². The van der Waals surface area contributed by atoms with Gasteiger partial charge in [0.15, 0.2) is 0 Å². The molecule has 0 spiro atoms. The van der Waals surface area contributed by atoms with E-state index in [0.717, 1.165) is 22.0 Å². The molecule has 47 heavy (non-hydrogen) atoms. The molecule has 2 amide bonds. The number of alkyl halides is 6. The molecule has 4 rings (SSSR count). The third-order valence-corrected chi connectivity index (χ3v) is 6.61. The van der Waals surface area contributed by atoms with Crippen LogP contribution in [-0.4, -0.2) is 75.1 Å². The third kappa shape index (κ3) is 12.0. The second kappa shape index (κ2) is 16.5. The number of nitrogens with zero attached hydrogens (tertiary/aromatic N) is 1. The van der Waals surface area contributed by atoms with Gasteiger partial charge in [-0.25, -0.2) is 15.1 Å². The Kier molecular flexibility index (Phi) is 13.5. The Morgan fingerprint density at radius 3 is 2.04 bits per heavy atom. The van der Waals surface area contributed by atoms with Gasteiger partial charge in [0, 0.05) is 22.7 Å². The Morgan fingerprint density at radius 2 is 1.51 bits per heavy atom. The summed E-state index contributed by atoms with van der Waals surface area (Å²) in [4.78, 5) is 47.0. The zero-order valence-electron chi connectivity index (χ0n) is 24.5. The van der Waals surface area contributed by atoms with Crippen molar-refractivity contribution in [2.24, 2.45) is 0 Å². The average molecular weight is 677 g/mol. The number of fused-ring (bicyclic) bond motifs is 1. The highest BCUT2D eigenvalue weighted by Crippen LogP contribution is 2.26. The van der Waals surface area contributed by atoms with Gasteiger partial charge in [-0.3, -0.25) is 19.8 Å². The average Bonchev–Trinajstić information content (AvgIpc) is 3.00. The van der Waals surface area contributed by atoms with Crippen LogP contribution in [-0.2, 0) is 21.0 Å². The number of piperidine rings is 1. The highest BCUT2D eigenvalue weighted by atomic mass is 19.4. The maximum Gasteiger partial charge on any atom is 0.490 e. The van der Waals surface area contributed by atoms with Crippen molar-refractivity contribution in [2.45, 2.75) is 50.7 Å². The van der Waals surface area contributed by atoms with Crippen LogP contribution < -0.4 is 20.9 Å². The molecule has 0 atom stereocenters. The van der Waals surface area contributed by atoms with Crippen molar-refractivity contribution in [3.05, 3.63) is 71.4 Å². The summed E-state index contributed by atoms with van der Waals surface area (Å²) in [5.41, 5.74) is 4.28. The van der Waals surface area contributed by atoms with Crippen molar-refractivity contribution in [2.75, 3.05) is 13.1 Å². The first-order chi connectivity index (χ1) is 21.9. The number of amides is 2. The number of aromatic nitrogens is 1. The summed E-state index contributed by atoms with van der Waals surface area (Å²) in [5.74, 6) is -5.58. The molecule has 2 aromatic carbocycles. The molecule has 3 aromatic rings. The van der Waals surface area contributed by atoms with Crippen molar-refractivity contribution in [3.63, 3.8) is 0 Å². The first-order valence-electron chi connectivity index (χ1n) is 13.5. The summed E-state index contributed by atoms with van der Waals surface area (Å²) in [5, 5.41) is 30.5. The van der Waals surface area contributed by atoms with E-state index in [0.29, 0.717) is 43.9 Å². The first-order valence-corrected chi connectivity index (χ1v) is 13.5. The number of hydrogen-bond donors (Lipinski definition) is 6. The zero-order valence-corrected chi connectivity index (χ0v) is 24.5. The van der Waals surface area contributed by atoms with Crippen LogP contribution in [0.5, 0.6) is 5.75 Å². The number of halogens is 6. The molecule has 1 aliphatic heterocycles. The quantitative estimate of drug-likeness (QED) is 0.121. The Morgan fingerprint density at radius 1 is 0.936 bits per heavy atom. The number of aryl methyl sites for hydroxylation is 1. The van der Waals surface area contributed by atoms with Crippen LogP contribution in [0.4, 0.5) is 26.3 Å². The van der Waals surface area contributed by atoms with E-state index in [2.05, 4.69) is 15.6 Å². The van der Waals surface area contributed by atoms with E-state index in [1.165, 1.54) is 0 Å². The molecule has 1 aliphatic rings. The van der Waals surface area contributed by atoms with E-state index in [-0.39, 0.29) is 12.3 Å². The lowest BCUT2D eigenvalue weighted by Crippen LogP contribution is -2.56. The number of carbonyl (C=O) groups is 4. The van der Waals surface area contributed by atoms with Crippen molar-refractivity contribution in [1.82, 2.24) is 21.1 Å². The number of benzene rings is 2. The van der Waals surface area contributed by atoms with Crippen LogP contribution >= 0.6 is 0 Å². The normalized spacial score (nSPS) is 14.0. The number of carboxylic acids is 2. The summed E-state index contributed by atoms with van der Waals surface area (Å²) < 4.78 is 69.5. The van der Waals surface area contributed by atoms with Gasteiger partial charge < -0.3 is 25.6 Å². The maximum absolute atomic E-state index is 13.0. The van der Waals surface area contributed by atoms with E-state index in [1.54, 1.807) is 29.9 Å². The molecule has 6 N–H and O–H groups in total. The number of carboxylic acid groups (broad SMARTS) is 2. The Bertz CT molecular complexity index is 1530. The Labute approximate surface area is 262 Å². The third-order valence-electron chi connectivity index (χ3n) is 6.61. The molecule has 0 saturated carbocycles. The van der Waals surface area contributed by atoms with E-state index >= 15 is 0 Å². The molecule has 1 saturated heterocycles. The second-order valence-corrected chi connectivity index (χ2v) is 10.1. The molecule has 12 nitrogen and oxygen atoms in total. The topological polar surface area (TPSA) is 187 Å². The van der Waals surface area contributed by atoms with Gasteiger partial charge in [0.25, 0.3) is 5.91 Å². The Hall–Kier alpha value is -4.97. The molecule has 0 aliphatic carbocycles. The van der Waals surface area contributed by atoms with Crippen LogP contribution in [0.15, 0.2) is 54.7 Å². The van der Waals surface area contributed by atoms with Crippen LogP contribution in [0.2, 0.25) is 0 Å². The van der Waals surface area contributed by atoms with Gasteiger partial charge in [0.2, 0.25) is 5.91 Å². The summed E-state index contributed by atoms with van der Waals surface area (Å²) in [6, 6.07) is 15.2. The lowest BCUT2D eigenvalue weighted by molar-refractivity contribution is -0.193. The van der Waals surface area contributed by atoms with Gasteiger partial charge >= 0.3 is 24.3 Å². The number of rotatable bonds is 7. The van der Waals surface area contributed by atoms with Gasteiger partial charge in [-0.15, -0.1) is 0 Å². The fourth-order valence-corrected chi connectivity index (χ4v) is 4.30. The summed E-state index contributed by atoms with van der Waals surface area (Å²) >= 11 is 0. The standard InChI is InChI=1S/C25H28N4O4.2C2HF3O2/c1-17-14-18(24(31)28-25(15-23(30)29-32)9-12-26-13-10-25)6-7-22(17)33-16-19-8-11-27-21-5-3-2-4-20(19)21;2*3-2(4,5)1(6)7/h2-8,11,14,26,32H,9-10,12-13,15-16H2,1H3,(H,28,31)(H,29,30);2*(H,6,7). The van der Waals surface area contributed by atoms with Crippen molar-refractivity contribution < 1.29 is 65.7 Å². The lowest BCUT2D eigenvalue weighted by atomic mass is 9.84. The van der Waals surface area contributed by atoms with Crippen molar-refractivity contribution in [1.29, 1.82) is 0 Å². The number of carbonyl (C=O) groups excluding carboxylic acids is 2. The molecular formula is C29H30F6N4O8. The zero-order chi connectivity index (χ0) is 35.4. The number of hydroxylamine groups is 1. The molecule has 256 valence electrons. The SMILES string of the molecule is Cc1cc(C(=O)NC2(CC(=O)NO)CCNCC2)ccc1OCc1ccnc2ccccc12.O=C(O)C(F)(F)F.O=C(O)C(F)(F)F. The summed E-state index contributed by atoms with van der Waals surface area (Å²) in [6.07, 6.45) is -7.16. The summed E-state index contributed by atoms with van der Waals surface area (Å²) in [6.45, 7) is 3.67. The van der Waals surface area contributed by atoms with E-state index < -0.39 is 35.7 Å². The van der Waals surface area contributed by atoms with Gasteiger partial charge in [-0.05, 0) is 68.8 Å². The maximum atomic E-state index is 13.0. The minimum Gasteiger partial charge on any atom is -0.489 e. The van der Waals surface area contributed by atoms with Crippen LogP contribution in [0.25, 0.3) is 10.9 Å². The Balaban J connectivity index is 0.000000459. The predicted molar refractivity (Wildman–Crippen MR) is 151 cm³/mol. The van der Waals surface area contributed by atoms with Gasteiger partial charge in [-0.1, -0.05) is 18.2 Å². The van der Waals surface area contributed by atoms with Crippen molar-refractivity contribution in [3.8, 4) is 5.75 Å². The molecule has 0 bridgehead atoms. The number of ether oxygens (including phenoxy) is 1. The smallest absolute Gasteiger partial charge is 0.489 e. The molecule has 1 aromatic heterocycles.